The van der Waals surface area contributed by atoms with Gasteiger partial charge in [0.05, 0.1) is 6.04 Å². The summed E-state index contributed by atoms with van der Waals surface area (Å²) in [5.41, 5.74) is 2.03. The lowest BCUT2D eigenvalue weighted by Gasteiger charge is -2.14. The molecule has 2 N–H and O–H groups in total. The van der Waals surface area contributed by atoms with E-state index in [-0.39, 0.29) is 17.9 Å². The van der Waals surface area contributed by atoms with Crippen molar-refractivity contribution in [3.63, 3.8) is 0 Å². The van der Waals surface area contributed by atoms with Crippen molar-refractivity contribution in [1.29, 1.82) is 0 Å². The van der Waals surface area contributed by atoms with Gasteiger partial charge < -0.3 is 10.6 Å². The van der Waals surface area contributed by atoms with Crippen LogP contribution in [-0.2, 0) is 0 Å². The minimum Gasteiger partial charge on any atom is -0.352 e. The number of hydrogen-bond donors (Lipinski definition) is 2. The fourth-order valence-corrected chi connectivity index (χ4v) is 2.39. The van der Waals surface area contributed by atoms with Gasteiger partial charge in [-0.25, -0.2) is 0 Å². The average Bonchev–Trinajstić information content (AvgIpc) is 2.62. The Kier molecular flexibility index (Phi) is 6.55. The van der Waals surface area contributed by atoms with Crippen LogP contribution in [0.25, 0.3) is 0 Å². The summed E-state index contributed by atoms with van der Waals surface area (Å²) < 4.78 is 0. The lowest BCUT2D eigenvalue weighted by molar-refractivity contribution is 0.0940. The highest BCUT2D eigenvalue weighted by Gasteiger charge is 2.13. The van der Waals surface area contributed by atoms with Crippen LogP contribution in [0.1, 0.15) is 59.0 Å². The van der Waals surface area contributed by atoms with E-state index < -0.39 is 0 Å². The molecule has 0 saturated heterocycles. The van der Waals surface area contributed by atoms with E-state index in [4.69, 9.17) is 0 Å². The molecule has 1 unspecified atom stereocenters. The predicted octanol–water partition coefficient (Wildman–Crippen LogP) is 3.71. The summed E-state index contributed by atoms with van der Waals surface area (Å²) in [4.78, 5) is 24.5. The molecular weight excluding hydrogens is 300 g/mol. The molecule has 2 aromatic carbocycles. The molecule has 1 atom stereocenters. The van der Waals surface area contributed by atoms with Crippen molar-refractivity contribution in [3.8, 4) is 0 Å². The summed E-state index contributed by atoms with van der Waals surface area (Å²) >= 11 is 0. The maximum Gasteiger partial charge on any atom is 0.251 e. The van der Waals surface area contributed by atoms with Gasteiger partial charge >= 0.3 is 0 Å². The quantitative estimate of drug-likeness (QED) is 0.763. The lowest BCUT2D eigenvalue weighted by Crippen LogP contribution is -2.28. The zero-order valence-corrected chi connectivity index (χ0v) is 14.2. The van der Waals surface area contributed by atoms with Gasteiger partial charge in [0.1, 0.15) is 0 Å². The molecule has 0 radical (unpaired) electrons. The van der Waals surface area contributed by atoms with Gasteiger partial charge in [-0.05, 0) is 37.1 Å². The van der Waals surface area contributed by atoms with Crippen molar-refractivity contribution in [2.24, 2.45) is 0 Å². The van der Waals surface area contributed by atoms with E-state index in [1.165, 1.54) is 0 Å². The van der Waals surface area contributed by atoms with Crippen LogP contribution in [0.5, 0.6) is 0 Å². The first-order chi connectivity index (χ1) is 11.6. The molecule has 2 rings (SSSR count). The van der Waals surface area contributed by atoms with Gasteiger partial charge in [0.2, 0.25) is 0 Å². The normalized spacial score (nSPS) is 11.6. The first-order valence-electron chi connectivity index (χ1n) is 8.36. The van der Waals surface area contributed by atoms with Crippen molar-refractivity contribution in [2.75, 3.05) is 6.54 Å². The van der Waals surface area contributed by atoms with Crippen LogP contribution in [0.15, 0.2) is 54.6 Å². The smallest absolute Gasteiger partial charge is 0.251 e. The number of carbonyl (C=O) groups excluding carboxylic acids is 2. The Bertz CT molecular complexity index is 683. The van der Waals surface area contributed by atoms with Crippen molar-refractivity contribution in [1.82, 2.24) is 10.6 Å². The number of nitrogens with one attached hydrogen (secondary N) is 2. The van der Waals surface area contributed by atoms with Gasteiger partial charge in [-0.2, -0.15) is 0 Å². The number of rotatable bonds is 7. The summed E-state index contributed by atoms with van der Waals surface area (Å²) in [5, 5.41) is 5.82. The molecule has 4 heteroatoms. The fourth-order valence-electron chi connectivity index (χ4n) is 2.39. The Morgan fingerprint density at radius 1 is 0.958 bits per heavy atom. The molecule has 0 fully saturated rings. The standard InChI is InChI=1S/C20H24N2O2/c1-3-4-13-21-19(23)17-11-8-12-18(14-17)20(24)22-15(2)16-9-6-5-7-10-16/h5-12,14-15H,3-4,13H2,1-2H3,(H,21,23)(H,22,24). The van der Waals surface area contributed by atoms with Crippen LogP contribution in [0, 0.1) is 0 Å². The Hall–Kier alpha value is -2.62. The monoisotopic (exact) mass is 324 g/mol. The first-order valence-corrected chi connectivity index (χ1v) is 8.36. The summed E-state index contributed by atoms with van der Waals surface area (Å²) in [5.74, 6) is -0.330. The maximum absolute atomic E-state index is 12.4. The third-order valence-electron chi connectivity index (χ3n) is 3.85. The number of carbonyl (C=O) groups is 2. The van der Waals surface area contributed by atoms with Crippen LogP contribution < -0.4 is 10.6 Å². The Labute approximate surface area is 143 Å². The number of amides is 2. The summed E-state index contributed by atoms with van der Waals surface area (Å²) in [6.45, 7) is 4.66. The van der Waals surface area contributed by atoms with Gasteiger partial charge in [0.25, 0.3) is 11.8 Å². The molecule has 24 heavy (non-hydrogen) atoms. The molecule has 0 aliphatic rings. The third-order valence-corrected chi connectivity index (χ3v) is 3.85. The first kappa shape index (κ1) is 17.7. The Balaban J connectivity index is 2.02. The summed E-state index contributed by atoms with van der Waals surface area (Å²) in [6, 6.07) is 16.5. The van der Waals surface area contributed by atoms with Crippen molar-refractivity contribution < 1.29 is 9.59 Å². The average molecular weight is 324 g/mol. The van der Waals surface area contributed by atoms with E-state index >= 15 is 0 Å². The molecule has 0 aromatic heterocycles. The molecular formula is C20H24N2O2. The maximum atomic E-state index is 12.4. The molecule has 0 saturated carbocycles. The molecule has 4 nitrogen and oxygen atoms in total. The number of benzene rings is 2. The Morgan fingerprint density at radius 3 is 2.29 bits per heavy atom. The molecule has 0 aliphatic heterocycles. The van der Waals surface area contributed by atoms with Crippen LogP contribution in [0.4, 0.5) is 0 Å². The Morgan fingerprint density at radius 2 is 1.62 bits per heavy atom. The second-order valence-corrected chi connectivity index (χ2v) is 5.80. The van der Waals surface area contributed by atoms with E-state index in [1.54, 1.807) is 24.3 Å². The fraction of sp³-hybridized carbons (Fsp3) is 0.300. The SMILES string of the molecule is CCCCNC(=O)c1cccc(C(=O)NC(C)c2ccccc2)c1. The topological polar surface area (TPSA) is 58.2 Å². The zero-order chi connectivity index (χ0) is 17.4. The van der Waals surface area contributed by atoms with Crippen LogP contribution in [0.3, 0.4) is 0 Å². The van der Waals surface area contributed by atoms with Crippen LogP contribution >= 0.6 is 0 Å². The molecule has 0 aliphatic carbocycles. The highest BCUT2D eigenvalue weighted by atomic mass is 16.2. The molecule has 0 heterocycles. The van der Waals surface area contributed by atoms with Gasteiger partial charge in [-0.3, -0.25) is 9.59 Å². The van der Waals surface area contributed by atoms with Crippen molar-refractivity contribution in [3.05, 3.63) is 71.3 Å². The summed E-state index contributed by atoms with van der Waals surface area (Å²) in [7, 11) is 0. The van der Waals surface area contributed by atoms with E-state index in [9.17, 15) is 9.59 Å². The molecule has 126 valence electrons. The number of unbranched alkanes of at least 4 members (excludes halogenated alkanes) is 1. The van der Waals surface area contributed by atoms with Gasteiger partial charge in [0.15, 0.2) is 0 Å². The lowest BCUT2D eigenvalue weighted by atomic mass is 10.1. The van der Waals surface area contributed by atoms with E-state index in [0.29, 0.717) is 17.7 Å². The van der Waals surface area contributed by atoms with Crippen LogP contribution in [0.2, 0.25) is 0 Å². The summed E-state index contributed by atoms with van der Waals surface area (Å²) in [6.07, 6.45) is 1.97. The van der Waals surface area contributed by atoms with E-state index in [2.05, 4.69) is 17.6 Å². The van der Waals surface area contributed by atoms with Gasteiger partial charge in [-0.15, -0.1) is 0 Å². The highest BCUT2D eigenvalue weighted by Crippen LogP contribution is 2.13. The predicted molar refractivity (Wildman–Crippen MR) is 96.0 cm³/mol. The molecule has 0 bridgehead atoms. The second kappa shape index (κ2) is 8.87. The molecule has 2 aromatic rings. The van der Waals surface area contributed by atoms with Gasteiger partial charge in [-0.1, -0.05) is 49.7 Å². The van der Waals surface area contributed by atoms with Crippen molar-refractivity contribution >= 4 is 11.8 Å². The largest absolute Gasteiger partial charge is 0.352 e. The third kappa shape index (κ3) is 4.95. The van der Waals surface area contributed by atoms with E-state index in [0.717, 1.165) is 18.4 Å². The van der Waals surface area contributed by atoms with Gasteiger partial charge in [0, 0.05) is 17.7 Å². The number of hydrogen-bond acceptors (Lipinski definition) is 2. The minimum absolute atomic E-state index is 0.0965. The molecule has 0 spiro atoms. The second-order valence-electron chi connectivity index (χ2n) is 5.80. The molecule has 2 amide bonds. The van der Waals surface area contributed by atoms with Crippen molar-refractivity contribution in [2.45, 2.75) is 32.7 Å². The van der Waals surface area contributed by atoms with E-state index in [1.807, 2.05) is 37.3 Å². The van der Waals surface area contributed by atoms with Crippen LogP contribution in [-0.4, -0.2) is 18.4 Å². The minimum atomic E-state index is -0.186. The zero-order valence-electron chi connectivity index (χ0n) is 14.2. The highest BCUT2D eigenvalue weighted by molar-refractivity contribution is 5.99.